The average molecular weight is 481 g/mol. The van der Waals surface area contributed by atoms with Crippen LogP contribution in [0, 0.1) is 13.8 Å². The first kappa shape index (κ1) is 23.9. The van der Waals surface area contributed by atoms with Crippen molar-refractivity contribution in [1.82, 2.24) is 24.7 Å². The lowest BCUT2D eigenvalue weighted by molar-refractivity contribution is -0.138. The number of pyridine rings is 1. The quantitative estimate of drug-likeness (QED) is 0.409. The van der Waals surface area contributed by atoms with E-state index < -0.39 is 17.6 Å². The molecule has 0 fully saturated rings. The summed E-state index contributed by atoms with van der Waals surface area (Å²) in [6, 6.07) is 8.09. The Balaban J connectivity index is 1.38. The minimum atomic E-state index is -4.54. The zero-order chi connectivity index (χ0) is 25.2. The van der Waals surface area contributed by atoms with E-state index in [0.717, 1.165) is 28.6 Å². The summed E-state index contributed by atoms with van der Waals surface area (Å²) < 4.78 is 40.9. The van der Waals surface area contributed by atoms with Crippen LogP contribution < -0.4 is 10.6 Å². The van der Waals surface area contributed by atoms with Gasteiger partial charge < -0.3 is 10.6 Å². The predicted octanol–water partition coefficient (Wildman–Crippen LogP) is 4.83. The van der Waals surface area contributed by atoms with E-state index in [1.807, 2.05) is 32.3 Å². The summed E-state index contributed by atoms with van der Waals surface area (Å²) >= 11 is 0. The van der Waals surface area contributed by atoms with E-state index in [1.54, 1.807) is 29.2 Å². The summed E-state index contributed by atoms with van der Waals surface area (Å²) in [6.07, 6.45) is 1.88. The van der Waals surface area contributed by atoms with Crippen LogP contribution in [0.3, 0.4) is 0 Å². The number of hydrogen-bond donors (Lipinski definition) is 2. The van der Waals surface area contributed by atoms with Crippen molar-refractivity contribution < 1.29 is 18.0 Å². The molecule has 0 aliphatic rings. The van der Waals surface area contributed by atoms with Crippen molar-refractivity contribution in [3.05, 3.63) is 77.6 Å². The summed E-state index contributed by atoms with van der Waals surface area (Å²) in [4.78, 5) is 24.8. The Bertz CT molecular complexity index is 1350. The SMILES string of the molecule is Cc1nn(C)cc1Nc1ncc(-c2ccc(CC(=O)Nc3cnc(C)c(C(F)(F)F)c3)cc2)cn1. The first-order chi connectivity index (χ1) is 16.6. The van der Waals surface area contributed by atoms with Crippen molar-refractivity contribution in [1.29, 1.82) is 0 Å². The topological polar surface area (TPSA) is 97.6 Å². The van der Waals surface area contributed by atoms with E-state index in [9.17, 15) is 18.0 Å². The van der Waals surface area contributed by atoms with Gasteiger partial charge in [-0.1, -0.05) is 24.3 Å². The Labute approximate surface area is 199 Å². The van der Waals surface area contributed by atoms with Gasteiger partial charge in [0.15, 0.2) is 0 Å². The third kappa shape index (κ3) is 5.81. The summed E-state index contributed by atoms with van der Waals surface area (Å²) in [5, 5.41) is 9.86. The van der Waals surface area contributed by atoms with Crippen molar-refractivity contribution in [2.75, 3.05) is 10.6 Å². The number of hydrogen-bond acceptors (Lipinski definition) is 6. The van der Waals surface area contributed by atoms with Crippen molar-refractivity contribution >= 4 is 23.2 Å². The molecule has 0 saturated heterocycles. The molecule has 4 aromatic rings. The fourth-order valence-electron chi connectivity index (χ4n) is 3.48. The molecule has 0 radical (unpaired) electrons. The molecule has 2 N–H and O–H groups in total. The Hall–Kier alpha value is -4.28. The standard InChI is InChI=1S/C24H22F3N7O/c1-14-20(24(25,26)27)9-19(12-28-14)31-22(35)8-16-4-6-17(7-5-16)18-10-29-23(30-11-18)32-21-13-34(3)33-15(21)2/h4-7,9-13H,8H2,1-3H3,(H,31,35)(H,29,30,32). The maximum absolute atomic E-state index is 13.1. The molecule has 0 saturated carbocycles. The lowest BCUT2D eigenvalue weighted by Gasteiger charge is -2.12. The highest BCUT2D eigenvalue weighted by atomic mass is 19.4. The number of carbonyl (C=O) groups is 1. The molecule has 0 aliphatic heterocycles. The number of aryl methyl sites for hydroxylation is 3. The molecule has 0 unspecified atom stereocenters. The highest BCUT2D eigenvalue weighted by Crippen LogP contribution is 2.32. The summed E-state index contributed by atoms with van der Waals surface area (Å²) in [7, 11) is 1.83. The maximum Gasteiger partial charge on any atom is 0.418 e. The Morgan fingerprint density at radius 3 is 2.26 bits per heavy atom. The first-order valence-corrected chi connectivity index (χ1v) is 10.6. The van der Waals surface area contributed by atoms with Gasteiger partial charge in [-0.2, -0.15) is 18.3 Å². The van der Waals surface area contributed by atoms with Crippen LogP contribution in [0.2, 0.25) is 0 Å². The van der Waals surface area contributed by atoms with Gasteiger partial charge in [0, 0.05) is 36.9 Å². The van der Waals surface area contributed by atoms with Gasteiger partial charge in [0.2, 0.25) is 11.9 Å². The zero-order valence-corrected chi connectivity index (χ0v) is 19.2. The number of alkyl halides is 3. The molecule has 0 spiro atoms. The molecule has 35 heavy (non-hydrogen) atoms. The Morgan fingerprint density at radius 2 is 1.66 bits per heavy atom. The molecule has 11 heteroatoms. The molecule has 0 atom stereocenters. The van der Waals surface area contributed by atoms with Gasteiger partial charge in [-0.3, -0.25) is 14.5 Å². The monoisotopic (exact) mass is 481 g/mol. The van der Waals surface area contributed by atoms with E-state index in [-0.39, 0.29) is 17.8 Å². The van der Waals surface area contributed by atoms with Gasteiger partial charge in [0.25, 0.3) is 0 Å². The fraction of sp³-hybridized carbons (Fsp3) is 0.208. The summed E-state index contributed by atoms with van der Waals surface area (Å²) in [5.74, 6) is -0.00148. The summed E-state index contributed by atoms with van der Waals surface area (Å²) in [6.45, 7) is 3.16. The van der Waals surface area contributed by atoms with Crippen molar-refractivity contribution in [3.63, 3.8) is 0 Å². The van der Waals surface area contributed by atoms with Gasteiger partial charge >= 0.3 is 6.18 Å². The molecular formula is C24H22F3N7O. The van der Waals surface area contributed by atoms with E-state index in [4.69, 9.17) is 0 Å². The zero-order valence-electron chi connectivity index (χ0n) is 19.2. The molecule has 0 aliphatic carbocycles. The third-order valence-electron chi connectivity index (χ3n) is 5.24. The van der Waals surface area contributed by atoms with Gasteiger partial charge in [0.05, 0.1) is 35.2 Å². The average Bonchev–Trinajstić information content (AvgIpc) is 3.12. The van der Waals surface area contributed by atoms with E-state index in [1.165, 1.54) is 13.1 Å². The molecule has 0 bridgehead atoms. The van der Waals surface area contributed by atoms with Crippen LogP contribution in [-0.4, -0.2) is 30.6 Å². The summed E-state index contributed by atoms with van der Waals surface area (Å²) in [5.41, 5.74) is 2.98. The lowest BCUT2D eigenvalue weighted by Crippen LogP contribution is -2.16. The van der Waals surface area contributed by atoms with Crippen LogP contribution >= 0.6 is 0 Å². The number of aromatic nitrogens is 5. The molecular weight excluding hydrogens is 459 g/mol. The minimum Gasteiger partial charge on any atom is -0.324 e. The fourth-order valence-corrected chi connectivity index (χ4v) is 3.48. The number of carbonyl (C=O) groups excluding carboxylic acids is 1. The smallest absolute Gasteiger partial charge is 0.324 e. The number of anilines is 3. The van der Waals surface area contributed by atoms with E-state index >= 15 is 0 Å². The van der Waals surface area contributed by atoms with Crippen molar-refractivity contribution in [2.45, 2.75) is 26.4 Å². The first-order valence-electron chi connectivity index (χ1n) is 10.6. The van der Waals surface area contributed by atoms with Gasteiger partial charge in [-0.05, 0) is 31.0 Å². The van der Waals surface area contributed by atoms with Gasteiger partial charge in [-0.15, -0.1) is 0 Å². The molecule has 1 amide bonds. The van der Waals surface area contributed by atoms with Crippen LogP contribution in [0.15, 0.2) is 55.1 Å². The van der Waals surface area contributed by atoms with Gasteiger partial charge in [-0.25, -0.2) is 9.97 Å². The molecule has 3 heterocycles. The Kier molecular flexibility index (Phi) is 6.50. The van der Waals surface area contributed by atoms with Crippen LogP contribution in [0.25, 0.3) is 11.1 Å². The van der Waals surface area contributed by atoms with E-state index in [2.05, 4.69) is 30.7 Å². The molecule has 3 aromatic heterocycles. The second-order valence-corrected chi connectivity index (χ2v) is 8.00. The number of amides is 1. The largest absolute Gasteiger partial charge is 0.418 e. The Morgan fingerprint density at radius 1 is 0.971 bits per heavy atom. The van der Waals surface area contributed by atoms with Crippen LogP contribution in [0.1, 0.15) is 22.5 Å². The predicted molar refractivity (Wildman–Crippen MR) is 125 cm³/mol. The molecule has 8 nitrogen and oxygen atoms in total. The van der Waals surface area contributed by atoms with Crippen molar-refractivity contribution in [2.24, 2.45) is 7.05 Å². The lowest BCUT2D eigenvalue weighted by atomic mass is 10.0. The second kappa shape index (κ2) is 9.53. The second-order valence-electron chi connectivity index (χ2n) is 8.00. The highest BCUT2D eigenvalue weighted by Gasteiger charge is 2.33. The number of rotatable bonds is 6. The molecule has 180 valence electrons. The highest BCUT2D eigenvalue weighted by molar-refractivity contribution is 5.92. The number of halogens is 3. The normalized spacial score (nSPS) is 11.4. The van der Waals surface area contributed by atoms with E-state index in [0.29, 0.717) is 11.5 Å². The van der Waals surface area contributed by atoms with Crippen LogP contribution in [-0.2, 0) is 24.4 Å². The minimum absolute atomic E-state index is 0.000667. The third-order valence-corrected chi connectivity index (χ3v) is 5.24. The van der Waals surface area contributed by atoms with Crippen LogP contribution in [0.5, 0.6) is 0 Å². The van der Waals surface area contributed by atoms with Crippen LogP contribution in [0.4, 0.5) is 30.5 Å². The maximum atomic E-state index is 13.1. The van der Waals surface area contributed by atoms with Crippen molar-refractivity contribution in [3.8, 4) is 11.1 Å². The number of benzene rings is 1. The molecule has 4 rings (SSSR count). The number of nitrogens with one attached hydrogen (secondary N) is 2. The van der Waals surface area contributed by atoms with Gasteiger partial charge in [0.1, 0.15) is 0 Å². The number of nitrogens with zero attached hydrogens (tertiary/aromatic N) is 5. The molecule has 1 aromatic carbocycles.